The normalized spacial score (nSPS) is 29.0. The third-order valence-electron chi connectivity index (χ3n) is 17.2. The Hall–Kier alpha value is -4.24. The summed E-state index contributed by atoms with van der Waals surface area (Å²) in [6, 6.07) is 18.9. The van der Waals surface area contributed by atoms with Gasteiger partial charge in [0.25, 0.3) is 5.91 Å². The van der Waals surface area contributed by atoms with Crippen LogP contribution in [0.1, 0.15) is 146 Å². The zero-order chi connectivity index (χ0) is 55.1. The molecule has 1 saturated carbocycles. The summed E-state index contributed by atoms with van der Waals surface area (Å²) in [7, 11) is -5.41. The number of fused-ring (bicyclic) bond motifs is 5. The van der Waals surface area contributed by atoms with Crippen molar-refractivity contribution in [2.45, 2.75) is 212 Å². The van der Waals surface area contributed by atoms with Crippen molar-refractivity contribution in [3.63, 3.8) is 0 Å². The molecule has 2 aromatic carbocycles. The summed E-state index contributed by atoms with van der Waals surface area (Å²) in [5.74, 6) is -5.99. The molecule has 3 aliphatic heterocycles. The van der Waals surface area contributed by atoms with Crippen LogP contribution in [0.5, 0.6) is 0 Å². The number of hydrogen-bond donors (Lipinski definition) is 3. The molecule has 74 heavy (non-hydrogen) atoms. The van der Waals surface area contributed by atoms with Gasteiger partial charge in [0.1, 0.15) is 23.9 Å². The van der Waals surface area contributed by atoms with Gasteiger partial charge in [-0.1, -0.05) is 130 Å². The minimum absolute atomic E-state index is 0.0642. The fraction of sp³-hybridized carbons (Fsp3) is 0.667. The number of nitrogens with one attached hydrogen (secondary N) is 2. The van der Waals surface area contributed by atoms with Crippen molar-refractivity contribution >= 4 is 46.4 Å². The number of hydrogen-bond acceptors (Lipinski definition) is 13. The molecule has 3 heterocycles. The number of rotatable bonds is 19. The molecule has 17 heteroatoms. The maximum Gasteiger partial charge on any atom is 0.408 e. The van der Waals surface area contributed by atoms with E-state index in [2.05, 4.69) is 72.9 Å². The van der Waals surface area contributed by atoms with E-state index in [4.69, 9.17) is 32.5 Å². The lowest BCUT2D eigenvalue weighted by molar-refractivity contribution is -0.355. The molecular formula is C57H86N2O13Si2. The molecule has 0 radical (unpaired) electrons. The second-order valence-corrected chi connectivity index (χ2v) is 34.0. The number of esters is 2. The highest BCUT2D eigenvalue weighted by Crippen LogP contribution is 2.66. The summed E-state index contributed by atoms with van der Waals surface area (Å²) < 4.78 is 46.5. The monoisotopic (exact) mass is 1060 g/mol. The van der Waals surface area contributed by atoms with E-state index in [1.807, 2.05) is 30.3 Å². The fourth-order valence-electron chi connectivity index (χ4n) is 13.3. The van der Waals surface area contributed by atoms with Crippen LogP contribution in [0.3, 0.4) is 0 Å². The summed E-state index contributed by atoms with van der Waals surface area (Å²) in [6.07, 6.45) is -6.42. The van der Waals surface area contributed by atoms with Gasteiger partial charge in [0.2, 0.25) is 14.1 Å². The topological polar surface area (TPSA) is 194 Å². The largest absolute Gasteiger partial charge is 0.453 e. The first-order valence-electron chi connectivity index (χ1n) is 26.9. The minimum atomic E-state index is -2.87. The van der Waals surface area contributed by atoms with E-state index in [1.165, 1.54) is 6.92 Å². The molecule has 4 fully saturated rings. The SMILES string of the molecule is CC[Si](CC)(CC)O[C@H]1C[C@H]2OC[C@@]2(OC(C)=O)C2[C@H](OC(=O)c3ccccc3)[C@@]3(O)O[C@@H](C(=O)[C@@]21C)/C(=C(\C)CNC(=O)[C@H](O[Si](C(C)C)(C(C)C)C(C)C)[C@@H](NC(=O)OC(C)(C)C)c1ccccc1)C3(C)C. The number of Topliss-reactive ketones (excluding diaryl/α,β-unsaturated/α-hetero) is 1. The molecule has 10 atom stereocenters. The highest BCUT2D eigenvalue weighted by molar-refractivity contribution is 6.77. The number of alkyl carbamates (subject to hydrolysis) is 1. The lowest BCUT2D eigenvalue weighted by Crippen LogP contribution is -2.80. The van der Waals surface area contributed by atoms with Gasteiger partial charge in [0.15, 0.2) is 25.8 Å². The number of aliphatic hydroxyl groups is 1. The second-order valence-electron chi connectivity index (χ2n) is 23.9. The van der Waals surface area contributed by atoms with Crippen LogP contribution < -0.4 is 10.6 Å². The molecule has 4 aliphatic rings. The number of carbonyl (C=O) groups excluding carboxylic acids is 5. The molecular weight excluding hydrogens is 977 g/mol. The summed E-state index contributed by atoms with van der Waals surface area (Å²) in [5, 5.41) is 19.8. The molecule has 1 unspecified atom stereocenters. The standard InChI is InChI=1S/C57H86N2O13Si2/c1-18-73(19-2,20-3)71-41-31-42-56(33-66-42,68-38(11)60)47-49(67-51(63)40-29-25-22-26-30-40)57(65)54(15,16)43(45(69-57)48(61)55(41,47)17)37(10)32-58-50(62)46(72-74(34(4)5,35(6)7)36(8)9)44(39-27-23-21-24-28-39)59-52(64)70-53(12,13)14/h21-30,34-36,41-42,44-47,49,65H,18-20,31-33H2,1-17H3,(H,58,62)(H,59,64)/b43-37-/t41-,42+,44-,45+,46+,47?,49-,55+,56-,57+/m0/s1. The van der Waals surface area contributed by atoms with Gasteiger partial charge in [0.05, 0.1) is 35.6 Å². The summed E-state index contributed by atoms with van der Waals surface area (Å²) in [4.78, 5) is 73.2. The Morgan fingerprint density at radius 1 is 0.851 bits per heavy atom. The van der Waals surface area contributed by atoms with Crippen molar-refractivity contribution in [2.75, 3.05) is 13.2 Å². The number of benzene rings is 2. The zero-order valence-electron chi connectivity index (χ0n) is 47.1. The second kappa shape index (κ2) is 22.0. The molecule has 2 aromatic rings. The molecule has 2 amide bonds. The van der Waals surface area contributed by atoms with Crippen molar-refractivity contribution in [2.24, 2.45) is 16.7 Å². The maximum absolute atomic E-state index is 16.3. The van der Waals surface area contributed by atoms with Gasteiger partial charge in [-0.05, 0) is 92.6 Å². The maximum atomic E-state index is 16.3. The van der Waals surface area contributed by atoms with Crippen LogP contribution >= 0.6 is 0 Å². The molecule has 0 aromatic heterocycles. The first-order chi connectivity index (χ1) is 34.5. The van der Waals surface area contributed by atoms with E-state index in [0.717, 1.165) is 18.1 Å². The number of amides is 2. The van der Waals surface area contributed by atoms with Crippen LogP contribution in [-0.2, 0) is 46.9 Å². The number of carbonyl (C=O) groups is 5. The molecule has 3 saturated heterocycles. The van der Waals surface area contributed by atoms with Crippen molar-refractivity contribution in [3.8, 4) is 0 Å². The summed E-state index contributed by atoms with van der Waals surface area (Å²) in [6.45, 7) is 32.4. The van der Waals surface area contributed by atoms with Crippen LogP contribution in [0.2, 0.25) is 34.8 Å². The van der Waals surface area contributed by atoms with Gasteiger partial charge in [0, 0.05) is 25.3 Å². The van der Waals surface area contributed by atoms with Crippen molar-refractivity contribution < 1.29 is 61.6 Å². The third-order valence-corrected chi connectivity index (χ3v) is 28.0. The lowest BCUT2D eigenvalue weighted by atomic mass is 9.49. The molecule has 410 valence electrons. The Balaban J connectivity index is 1.53. The van der Waals surface area contributed by atoms with E-state index in [9.17, 15) is 19.5 Å². The average Bonchev–Trinajstić information content (AvgIpc) is 3.51. The van der Waals surface area contributed by atoms with Crippen LogP contribution in [0.25, 0.3) is 0 Å². The quantitative estimate of drug-likeness (QED) is 0.0521. The van der Waals surface area contributed by atoms with Crippen molar-refractivity contribution in [1.82, 2.24) is 10.6 Å². The van der Waals surface area contributed by atoms with Crippen LogP contribution in [0, 0.1) is 16.7 Å². The molecule has 2 bridgehead atoms. The van der Waals surface area contributed by atoms with Gasteiger partial charge in [-0.25, -0.2) is 9.59 Å². The summed E-state index contributed by atoms with van der Waals surface area (Å²) >= 11 is 0. The Morgan fingerprint density at radius 2 is 1.41 bits per heavy atom. The van der Waals surface area contributed by atoms with Gasteiger partial charge in [-0.15, -0.1) is 0 Å². The molecule has 15 nitrogen and oxygen atoms in total. The van der Waals surface area contributed by atoms with Gasteiger partial charge >= 0.3 is 18.0 Å². The predicted octanol–water partition coefficient (Wildman–Crippen LogP) is 10.3. The first kappa shape index (κ1) is 59.0. The summed E-state index contributed by atoms with van der Waals surface area (Å²) in [5.41, 5.74) is -3.54. The van der Waals surface area contributed by atoms with Gasteiger partial charge in [-0.3, -0.25) is 14.4 Å². The highest BCUT2D eigenvalue weighted by atomic mass is 28.4. The smallest absolute Gasteiger partial charge is 0.408 e. The zero-order valence-corrected chi connectivity index (χ0v) is 49.1. The molecule has 0 spiro atoms. The van der Waals surface area contributed by atoms with E-state index in [1.54, 1.807) is 78.8 Å². The third kappa shape index (κ3) is 10.5. The highest BCUT2D eigenvalue weighted by Gasteiger charge is 2.81. The first-order valence-corrected chi connectivity index (χ1v) is 31.5. The van der Waals surface area contributed by atoms with Crippen molar-refractivity contribution in [1.29, 1.82) is 0 Å². The van der Waals surface area contributed by atoms with E-state index in [0.29, 0.717) is 16.7 Å². The number of ether oxygens (including phenoxy) is 5. The molecule has 3 N–H and O–H groups in total. The Morgan fingerprint density at radius 3 is 1.89 bits per heavy atom. The lowest BCUT2D eigenvalue weighted by Gasteiger charge is -2.65. The van der Waals surface area contributed by atoms with E-state index >= 15 is 9.59 Å². The fourth-order valence-corrected chi connectivity index (χ4v) is 21.7. The van der Waals surface area contributed by atoms with Gasteiger partial charge < -0.3 is 48.3 Å². The van der Waals surface area contributed by atoms with E-state index in [-0.39, 0.29) is 41.8 Å². The van der Waals surface area contributed by atoms with Crippen molar-refractivity contribution in [3.05, 3.63) is 82.9 Å². The Labute approximate surface area is 442 Å². The van der Waals surface area contributed by atoms with Crippen LogP contribution in [-0.4, -0.2) is 112 Å². The number of ketones is 1. The van der Waals surface area contributed by atoms with E-state index < -0.39 is 117 Å². The molecule has 6 rings (SSSR count). The minimum Gasteiger partial charge on any atom is -0.453 e. The predicted molar refractivity (Wildman–Crippen MR) is 287 cm³/mol. The molecule has 1 aliphatic carbocycles. The van der Waals surface area contributed by atoms with Crippen LogP contribution in [0.4, 0.5) is 4.79 Å². The van der Waals surface area contributed by atoms with Crippen LogP contribution in [0.15, 0.2) is 71.8 Å². The Bertz CT molecular complexity index is 2370. The average molecular weight is 1060 g/mol. The van der Waals surface area contributed by atoms with Gasteiger partial charge in [-0.2, -0.15) is 0 Å². The Kier molecular flexibility index (Phi) is 17.6.